The Balaban J connectivity index is 1.93. The summed E-state index contributed by atoms with van der Waals surface area (Å²) < 4.78 is 2.87. The van der Waals surface area contributed by atoms with Gasteiger partial charge < -0.3 is 0 Å². The summed E-state index contributed by atoms with van der Waals surface area (Å²) in [6, 6.07) is 0. The molecule has 0 saturated heterocycles. The zero-order chi connectivity index (χ0) is 10.8. The second-order valence-corrected chi connectivity index (χ2v) is 10.4. The van der Waals surface area contributed by atoms with Crippen molar-refractivity contribution in [2.75, 3.05) is 0 Å². The highest BCUT2D eigenvalue weighted by Crippen LogP contribution is 2.75. The zero-order valence-corrected chi connectivity index (χ0v) is 15.5. The van der Waals surface area contributed by atoms with E-state index >= 15 is 0 Å². The average molecular weight is 542 g/mol. The van der Waals surface area contributed by atoms with Crippen LogP contribution in [0.15, 0.2) is 0 Å². The van der Waals surface area contributed by atoms with Crippen LogP contribution in [0.3, 0.4) is 0 Å². The molecule has 15 heavy (non-hydrogen) atoms. The van der Waals surface area contributed by atoms with E-state index in [2.05, 4.69) is 74.7 Å². The van der Waals surface area contributed by atoms with E-state index in [0.29, 0.717) is 5.41 Å². The Morgan fingerprint density at radius 2 is 1.60 bits per heavy atom. The standard InChI is InChI=1S/C12H17I3/c1-11(9(14)2-3-10(11)15)12-5-4-7(12)8(13)6-12/h7-10H,2-6H2,1H3/t7?,8-,9-,10+,11?,12?/m1/s1. The van der Waals surface area contributed by atoms with Crippen molar-refractivity contribution in [1.82, 2.24) is 0 Å². The van der Waals surface area contributed by atoms with Gasteiger partial charge in [-0.25, -0.2) is 0 Å². The highest BCUT2D eigenvalue weighted by Gasteiger charge is 2.70. The van der Waals surface area contributed by atoms with Crippen molar-refractivity contribution in [3.8, 4) is 0 Å². The fourth-order valence-corrected chi connectivity index (χ4v) is 9.72. The molecule has 3 fully saturated rings. The largest absolute Gasteiger partial charge is 0.0823 e. The van der Waals surface area contributed by atoms with Crippen molar-refractivity contribution >= 4 is 67.8 Å². The van der Waals surface area contributed by atoms with E-state index in [0.717, 1.165) is 23.1 Å². The lowest BCUT2D eigenvalue weighted by Gasteiger charge is -2.70. The van der Waals surface area contributed by atoms with Crippen molar-refractivity contribution in [1.29, 1.82) is 0 Å². The van der Waals surface area contributed by atoms with Gasteiger partial charge in [-0.2, -0.15) is 0 Å². The van der Waals surface area contributed by atoms with E-state index in [9.17, 15) is 0 Å². The molecule has 3 saturated carbocycles. The first-order valence-corrected chi connectivity index (χ1v) is 9.68. The molecule has 0 heterocycles. The molecule has 0 aromatic rings. The Hall–Kier alpha value is 2.19. The molecule has 3 unspecified atom stereocenters. The van der Waals surface area contributed by atoms with E-state index in [4.69, 9.17) is 0 Å². The molecule has 0 amide bonds. The molecule has 0 bridgehead atoms. The minimum Gasteiger partial charge on any atom is -0.0823 e. The number of alkyl halides is 3. The highest BCUT2D eigenvalue weighted by molar-refractivity contribution is 14.1. The number of halogens is 3. The first kappa shape index (κ1) is 12.2. The van der Waals surface area contributed by atoms with Crippen molar-refractivity contribution in [2.45, 2.75) is 50.8 Å². The van der Waals surface area contributed by atoms with Gasteiger partial charge in [0.05, 0.1) is 0 Å². The predicted octanol–water partition coefficient (Wildman–Crippen LogP) is 5.00. The van der Waals surface area contributed by atoms with Crippen LogP contribution in [0.2, 0.25) is 0 Å². The summed E-state index contributed by atoms with van der Waals surface area (Å²) in [5.41, 5.74) is 1.42. The maximum absolute atomic E-state index is 2.75. The fraction of sp³-hybridized carbons (Fsp3) is 1.00. The second kappa shape index (κ2) is 3.84. The number of hydrogen-bond donors (Lipinski definition) is 0. The molecule has 0 N–H and O–H groups in total. The minimum absolute atomic E-state index is 0.651. The Kier molecular flexibility index (Phi) is 3.13. The van der Waals surface area contributed by atoms with Gasteiger partial charge in [0.15, 0.2) is 0 Å². The molecule has 0 nitrogen and oxygen atoms in total. The number of fused-ring (bicyclic) bond motifs is 1. The van der Waals surface area contributed by atoms with E-state index < -0.39 is 0 Å². The molecule has 0 spiro atoms. The van der Waals surface area contributed by atoms with Gasteiger partial charge >= 0.3 is 0 Å². The van der Waals surface area contributed by atoms with Crippen molar-refractivity contribution < 1.29 is 0 Å². The molecule has 86 valence electrons. The van der Waals surface area contributed by atoms with Crippen LogP contribution in [0, 0.1) is 16.7 Å². The summed E-state index contributed by atoms with van der Waals surface area (Å²) in [6.07, 6.45) is 7.51. The van der Waals surface area contributed by atoms with E-state index in [1.807, 2.05) is 0 Å². The van der Waals surface area contributed by atoms with Crippen LogP contribution in [-0.4, -0.2) is 11.8 Å². The maximum Gasteiger partial charge on any atom is 0.0179 e. The average Bonchev–Trinajstić information content (AvgIpc) is 2.42. The van der Waals surface area contributed by atoms with Crippen LogP contribution in [0.25, 0.3) is 0 Å². The van der Waals surface area contributed by atoms with Gasteiger partial charge in [-0.3, -0.25) is 0 Å². The van der Waals surface area contributed by atoms with Gasteiger partial charge in [0.25, 0.3) is 0 Å². The first-order valence-electron chi connectivity index (χ1n) is 5.94. The van der Waals surface area contributed by atoms with Crippen LogP contribution >= 0.6 is 67.8 Å². The van der Waals surface area contributed by atoms with E-state index in [1.54, 1.807) is 0 Å². The van der Waals surface area contributed by atoms with Gasteiger partial charge in [-0.05, 0) is 48.9 Å². The van der Waals surface area contributed by atoms with E-state index in [1.165, 1.54) is 32.1 Å². The summed E-state index contributed by atoms with van der Waals surface area (Å²) in [4.78, 5) is 0. The lowest BCUT2D eigenvalue weighted by molar-refractivity contribution is -0.149. The summed E-state index contributed by atoms with van der Waals surface area (Å²) in [6.45, 7) is 2.61. The zero-order valence-electron chi connectivity index (χ0n) is 8.98. The summed E-state index contributed by atoms with van der Waals surface area (Å²) in [5.74, 6) is 1.08. The van der Waals surface area contributed by atoms with Crippen molar-refractivity contribution in [2.24, 2.45) is 16.7 Å². The van der Waals surface area contributed by atoms with Gasteiger partial charge in [0.1, 0.15) is 0 Å². The maximum atomic E-state index is 2.75. The third-order valence-corrected chi connectivity index (χ3v) is 10.8. The quantitative estimate of drug-likeness (QED) is 0.324. The normalized spacial score (nSPS) is 63.2. The Morgan fingerprint density at radius 1 is 1.00 bits per heavy atom. The number of rotatable bonds is 1. The van der Waals surface area contributed by atoms with Crippen molar-refractivity contribution in [3.05, 3.63) is 0 Å². The smallest absolute Gasteiger partial charge is 0.0179 e. The Bertz CT molecular complexity index is 281. The van der Waals surface area contributed by atoms with E-state index in [-0.39, 0.29) is 0 Å². The van der Waals surface area contributed by atoms with Crippen LogP contribution in [0.4, 0.5) is 0 Å². The molecule has 0 aromatic carbocycles. The van der Waals surface area contributed by atoms with Gasteiger partial charge in [0.2, 0.25) is 0 Å². The summed E-state index contributed by atoms with van der Waals surface area (Å²) >= 11 is 8.20. The molecule has 6 atom stereocenters. The molecule has 3 rings (SSSR count). The van der Waals surface area contributed by atoms with Crippen LogP contribution in [-0.2, 0) is 0 Å². The van der Waals surface area contributed by atoms with Crippen LogP contribution < -0.4 is 0 Å². The molecular formula is C12H17I3. The lowest BCUT2D eigenvalue weighted by Crippen LogP contribution is -2.67. The lowest BCUT2D eigenvalue weighted by atomic mass is 9.38. The van der Waals surface area contributed by atoms with Gasteiger partial charge in [-0.1, -0.05) is 74.7 Å². The third-order valence-electron chi connectivity index (χ3n) is 5.65. The SMILES string of the molecule is CC1(C23CCC2[C@H](I)C3)[C@H](I)CC[C@@H]1I. The van der Waals surface area contributed by atoms with Gasteiger partial charge in [-0.15, -0.1) is 0 Å². The fourth-order valence-electron chi connectivity index (χ4n) is 4.37. The minimum atomic E-state index is 0.651. The monoisotopic (exact) mass is 542 g/mol. The topological polar surface area (TPSA) is 0 Å². The molecule has 0 aromatic heterocycles. The Morgan fingerprint density at radius 3 is 1.93 bits per heavy atom. The van der Waals surface area contributed by atoms with Crippen LogP contribution in [0.1, 0.15) is 39.0 Å². The molecule has 3 aliphatic rings. The third kappa shape index (κ3) is 1.35. The molecule has 0 aliphatic heterocycles. The Labute approximate surface area is 134 Å². The second-order valence-electron chi connectivity index (χ2n) is 5.82. The predicted molar refractivity (Wildman–Crippen MR) is 90.5 cm³/mol. The highest BCUT2D eigenvalue weighted by atomic mass is 127. The van der Waals surface area contributed by atoms with Crippen molar-refractivity contribution in [3.63, 3.8) is 0 Å². The molecule has 3 aliphatic carbocycles. The number of hydrogen-bond acceptors (Lipinski definition) is 0. The summed E-state index contributed by atoms with van der Waals surface area (Å²) in [7, 11) is 0. The van der Waals surface area contributed by atoms with Crippen LogP contribution in [0.5, 0.6) is 0 Å². The molecular weight excluding hydrogens is 525 g/mol. The molecule has 3 heteroatoms. The first-order chi connectivity index (χ1) is 7.02. The summed E-state index contributed by atoms with van der Waals surface area (Å²) in [5, 5.41) is 0. The van der Waals surface area contributed by atoms with Gasteiger partial charge in [0, 0.05) is 11.8 Å². The molecule has 0 radical (unpaired) electrons.